The maximum absolute atomic E-state index is 13.8. The fourth-order valence-corrected chi connectivity index (χ4v) is 12.5. The molecule has 0 aromatic heterocycles. The van der Waals surface area contributed by atoms with Crippen LogP contribution in [0.2, 0.25) is 0 Å². The summed E-state index contributed by atoms with van der Waals surface area (Å²) in [6.45, 7) is 13.1. The number of rotatable bonds is 13. The van der Waals surface area contributed by atoms with Gasteiger partial charge in [-0.15, -0.1) is 0 Å². The summed E-state index contributed by atoms with van der Waals surface area (Å²) in [5.74, 6) is 0.925. The van der Waals surface area contributed by atoms with Gasteiger partial charge in [-0.05, 0) is 141 Å². The number of hydrogen-bond acceptors (Lipinski definition) is 11. The molecule has 13 nitrogen and oxygen atoms in total. The highest BCUT2D eigenvalue weighted by Gasteiger charge is 2.50. The molecular formula is C52H66N6O7S. The van der Waals surface area contributed by atoms with Crippen molar-refractivity contribution in [2.75, 3.05) is 56.1 Å². The summed E-state index contributed by atoms with van der Waals surface area (Å²) in [5, 5.41) is 25.5. The second-order valence-corrected chi connectivity index (χ2v) is 22.1. The molecule has 2 aliphatic carbocycles. The summed E-state index contributed by atoms with van der Waals surface area (Å²) in [6.07, 6.45) is 9.28. The molecule has 2 saturated heterocycles. The lowest BCUT2D eigenvalue weighted by molar-refractivity contribution is -0.384. The van der Waals surface area contributed by atoms with E-state index in [9.17, 15) is 28.4 Å². The second kappa shape index (κ2) is 18.9. The number of aliphatic hydroxyl groups is 1. The molecule has 2 saturated carbocycles. The number of nitrogens with one attached hydrogen (secondary N) is 2. The third kappa shape index (κ3) is 9.98. The van der Waals surface area contributed by atoms with Gasteiger partial charge in [-0.2, -0.15) is 0 Å². The summed E-state index contributed by atoms with van der Waals surface area (Å²) in [4.78, 5) is 32.6. The zero-order valence-corrected chi connectivity index (χ0v) is 39.5. The Bertz CT molecular complexity index is 2520. The molecule has 0 radical (unpaired) electrons. The van der Waals surface area contributed by atoms with E-state index in [1.165, 1.54) is 34.4 Å². The van der Waals surface area contributed by atoms with Crippen LogP contribution in [0.1, 0.15) is 123 Å². The maximum atomic E-state index is 13.8. The Labute approximate surface area is 390 Å². The lowest BCUT2D eigenvalue weighted by atomic mass is 9.59. The molecule has 4 aromatic carbocycles. The minimum absolute atomic E-state index is 0.208. The van der Waals surface area contributed by atoms with Crippen LogP contribution in [0.5, 0.6) is 5.75 Å². The number of para-hydroxylation sites is 1. The third-order valence-corrected chi connectivity index (χ3v) is 16.8. The molecule has 3 aliphatic heterocycles. The van der Waals surface area contributed by atoms with Crippen LogP contribution in [0, 0.1) is 21.4 Å². The summed E-state index contributed by atoms with van der Waals surface area (Å²) < 4.78 is 35.5. The molecule has 4 fully saturated rings. The first kappa shape index (κ1) is 46.1. The molecule has 352 valence electrons. The first-order chi connectivity index (χ1) is 31.7. The number of piperidine rings is 1. The smallest absolute Gasteiger partial charge is 0.293 e. The lowest BCUT2D eigenvalue weighted by Gasteiger charge is -2.58. The van der Waals surface area contributed by atoms with Crippen molar-refractivity contribution >= 4 is 33.0 Å². The number of carbonyl (C=O) groups excluding carboxylic acids is 1. The predicted molar refractivity (Wildman–Crippen MR) is 258 cm³/mol. The van der Waals surface area contributed by atoms with E-state index in [-0.39, 0.29) is 33.2 Å². The van der Waals surface area contributed by atoms with Crippen LogP contribution < -0.4 is 19.7 Å². The lowest BCUT2D eigenvalue weighted by Crippen LogP contribution is -2.60. The van der Waals surface area contributed by atoms with E-state index in [0.29, 0.717) is 43.1 Å². The number of amides is 1. The molecule has 1 amide bonds. The highest BCUT2D eigenvalue weighted by molar-refractivity contribution is 7.90. The Morgan fingerprint density at radius 1 is 0.939 bits per heavy atom. The van der Waals surface area contributed by atoms with E-state index in [4.69, 9.17) is 4.74 Å². The quantitative estimate of drug-likeness (QED) is 0.0870. The molecule has 5 aliphatic rings. The van der Waals surface area contributed by atoms with Crippen LogP contribution in [-0.2, 0) is 23.0 Å². The second-order valence-electron chi connectivity index (χ2n) is 20.4. The first-order valence-electron chi connectivity index (χ1n) is 24.1. The van der Waals surface area contributed by atoms with Crippen LogP contribution in [0.3, 0.4) is 0 Å². The van der Waals surface area contributed by atoms with Crippen molar-refractivity contribution in [1.82, 2.24) is 14.5 Å². The molecule has 3 N–H and O–H groups in total. The SMILES string of the molecule is CC(C)c1ccccc1[C@@H]1CN(Cc2ccc3c(c2)OCCC3)CCN1C1CC2(CCN(c3ccccc3C(=O)NS(=O)(=O)c3ccc(NCC4CCC(C)(O)CC4)c([N+](=O)[O-])c3)CC2)C1. The van der Waals surface area contributed by atoms with Crippen molar-refractivity contribution in [2.24, 2.45) is 11.3 Å². The minimum Gasteiger partial charge on any atom is -0.493 e. The van der Waals surface area contributed by atoms with Crippen molar-refractivity contribution in [3.63, 3.8) is 0 Å². The average Bonchev–Trinajstić information content (AvgIpc) is 3.30. The van der Waals surface area contributed by atoms with E-state index < -0.39 is 26.5 Å². The van der Waals surface area contributed by atoms with Gasteiger partial charge in [0, 0.05) is 69.7 Å². The largest absolute Gasteiger partial charge is 0.493 e. The van der Waals surface area contributed by atoms with Crippen molar-refractivity contribution in [3.05, 3.63) is 123 Å². The van der Waals surface area contributed by atoms with Crippen molar-refractivity contribution in [2.45, 2.75) is 120 Å². The number of piperazine rings is 1. The third-order valence-electron chi connectivity index (χ3n) is 15.5. The fraction of sp³-hybridized carbons (Fsp3) is 0.519. The molecule has 3 heterocycles. The van der Waals surface area contributed by atoms with E-state index in [1.807, 2.05) is 19.1 Å². The van der Waals surface area contributed by atoms with Gasteiger partial charge in [0.25, 0.3) is 21.6 Å². The highest BCUT2D eigenvalue weighted by Crippen LogP contribution is 2.53. The molecule has 0 unspecified atom stereocenters. The zero-order chi connectivity index (χ0) is 46.2. The molecular weight excluding hydrogens is 853 g/mol. The van der Waals surface area contributed by atoms with Crippen LogP contribution in [0.15, 0.2) is 89.8 Å². The van der Waals surface area contributed by atoms with E-state index in [2.05, 4.69) is 81.1 Å². The zero-order valence-electron chi connectivity index (χ0n) is 38.7. The van der Waals surface area contributed by atoms with Gasteiger partial charge in [0.1, 0.15) is 11.4 Å². The summed E-state index contributed by atoms with van der Waals surface area (Å²) in [7, 11) is -4.45. The van der Waals surface area contributed by atoms with Crippen molar-refractivity contribution in [3.8, 4) is 5.75 Å². The number of fused-ring (bicyclic) bond motifs is 1. The first-order valence-corrected chi connectivity index (χ1v) is 25.6. The standard InChI is InChI=1S/C52H66N6O7S/c1-36(2)42-10-4-5-11-43(42)48-35-55(34-38-14-15-39-9-8-28-65-49(39)29-38)26-27-57(48)40-31-52(32-40)22-24-56(25-23-52)46-13-7-6-12-44(46)50(59)54-66(63,64)41-16-17-45(47(30-41)58(61)62)53-33-37-18-20-51(3,60)21-19-37/h4-7,10-17,29-30,36-37,40,48,53,60H,8-9,18-28,31-35H2,1-3H3,(H,54,59)/t37?,48-,51?/m0/s1. The van der Waals surface area contributed by atoms with Crippen LogP contribution in [-0.4, -0.2) is 91.7 Å². The van der Waals surface area contributed by atoms with Crippen LogP contribution in [0.25, 0.3) is 0 Å². The number of benzene rings is 4. The topological polar surface area (TPSA) is 158 Å². The predicted octanol–water partition coefficient (Wildman–Crippen LogP) is 8.82. The molecule has 0 bridgehead atoms. The van der Waals surface area contributed by atoms with Crippen molar-refractivity contribution in [1.29, 1.82) is 0 Å². The Kier molecular flexibility index (Phi) is 13.2. The van der Waals surface area contributed by atoms with E-state index in [1.54, 1.807) is 12.1 Å². The molecule has 1 atom stereocenters. The number of nitro groups is 1. The van der Waals surface area contributed by atoms with E-state index in [0.717, 1.165) is 109 Å². The summed E-state index contributed by atoms with van der Waals surface area (Å²) >= 11 is 0. The van der Waals surface area contributed by atoms with Gasteiger partial charge in [-0.25, -0.2) is 13.1 Å². The fourth-order valence-electron chi connectivity index (χ4n) is 11.5. The number of aryl methyl sites for hydroxylation is 1. The molecule has 1 spiro atoms. The van der Waals surface area contributed by atoms with Gasteiger partial charge in [-0.1, -0.05) is 62.4 Å². The van der Waals surface area contributed by atoms with Crippen LogP contribution >= 0.6 is 0 Å². The molecule has 9 rings (SSSR count). The normalized spacial score (nSPS) is 23.7. The Morgan fingerprint density at radius 2 is 1.68 bits per heavy atom. The number of sulfonamides is 1. The summed E-state index contributed by atoms with van der Waals surface area (Å²) in [6, 6.07) is 27.4. The maximum Gasteiger partial charge on any atom is 0.293 e. The molecule has 14 heteroatoms. The highest BCUT2D eigenvalue weighted by atomic mass is 32.2. The minimum atomic E-state index is -4.45. The van der Waals surface area contributed by atoms with Gasteiger partial charge >= 0.3 is 0 Å². The van der Waals surface area contributed by atoms with Gasteiger partial charge in [0.15, 0.2) is 0 Å². The Hall–Kier alpha value is -5.02. The average molecular weight is 919 g/mol. The number of anilines is 2. The number of carbonyl (C=O) groups is 1. The Balaban J connectivity index is 0.834. The Morgan fingerprint density at radius 3 is 2.44 bits per heavy atom. The van der Waals surface area contributed by atoms with Gasteiger partial charge in [0.05, 0.1) is 27.6 Å². The number of ether oxygens (including phenoxy) is 1. The summed E-state index contributed by atoms with van der Waals surface area (Å²) in [5.41, 5.74) is 5.76. The van der Waals surface area contributed by atoms with Crippen molar-refractivity contribution < 1.29 is 28.0 Å². The molecule has 66 heavy (non-hydrogen) atoms. The number of hydrogen-bond donors (Lipinski definition) is 3. The number of nitro benzene ring substituents is 1. The monoisotopic (exact) mass is 918 g/mol. The van der Waals surface area contributed by atoms with Gasteiger partial charge in [-0.3, -0.25) is 24.7 Å². The number of nitrogens with zero attached hydrogens (tertiary/aromatic N) is 4. The van der Waals surface area contributed by atoms with Crippen LogP contribution in [0.4, 0.5) is 17.1 Å². The van der Waals surface area contributed by atoms with Gasteiger partial charge < -0.3 is 20.1 Å². The molecule has 4 aromatic rings. The van der Waals surface area contributed by atoms with E-state index >= 15 is 0 Å². The van der Waals surface area contributed by atoms with Gasteiger partial charge in [0.2, 0.25) is 0 Å².